The van der Waals surface area contributed by atoms with E-state index in [0.717, 1.165) is 51.9 Å². The fourth-order valence-electron chi connectivity index (χ4n) is 6.72. The number of rotatable bonds is 3. The molecule has 0 N–H and O–H groups in total. The maximum Gasteiger partial charge on any atom is 0.216 e. The Labute approximate surface area is 203 Å². The van der Waals surface area contributed by atoms with Gasteiger partial charge in [-0.2, -0.15) is 0 Å². The van der Waals surface area contributed by atoms with Gasteiger partial charge in [-0.25, -0.2) is 8.96 Å². The number of benzene rings is 2. The van der Waals surface area contributed by atoms with Crippen LogP contribution in [-0.2, 0) is 7.05 Å². The van der Waals surface area contributed by atoms with Crippen molar-refractivity contribution in [1.29, 1.82) is 0 Å². The number of aromatic nitrogens is 1. The van der Waals surface area contributed by atoms with Crippen LogP contribution in [0.4, 0.5) is 4.39 Å². The van der Waals surface area contributed by atoms with Crippen LogP contribution >= 0.6 is 0 Å². The fourth-order valence-corrected chi connectivity index (χ4v) is 6.72. The molecule has 34 heavy (non-hydrogen) atoms. The second-order valence-corrected chi connectivity index (χ2v) is 10.6. The molecule has 176 valence electrons. The first-order chi connectivity index (χ1) is 17.0. The lowest BCUT2D eigenvalue weighted by atomic mass is 9.70. The van der Waals surface area contributed by atoms with Crippen LogP contribution < -0.4 is 4.57 Å². The van der Waals surface area contributed by atoms with Crippen molar-refractivity contribution in [1.82, 2.24) is 0 Å². The summed E-state index contributed by atoms with van der Waals surface area (Å²) in [5.41, 5.74) is 5.03. The van der Waals surface area contributed by atoms with E-state index >= 15 is 4.39 Å². The van der Waals surface area contributed by atoms with E-state index < -0.39 is 5.89 Å². The maximum absolute atomic E-state index is 15.5. The van der Waals surface area contributed by atoms with Gasteiger partial charge in [-0.05, 0) is 74.1 Å². The third kappa shape index (κ3) is 3.65. The van der Waals surface area contributed by atoms with E-state index in [2.05, 4.69) is 29.7 Å². The second-order valence-electron chi connectivity index (χ2n) is 10.6. The van der Waals surface area contributed by atoms with Gasteiger partial charge in [0, 0.05) is 29.8 Å². The summed E-state index contributed by atoms with van der Waals surface area (Å²) in [6.07, 6.45) is 12.2. The normalized spacial score (nSPS) is 24.6. The summed E-state index contributed by atoms with van der Waals surface area (Å²) >= 11 is 0. The molecule has 4 aromatic rings. The predicted molar refractivity (Wildman–Crippen MR) is 136 cm³/mol. The smallest absolute Gasteiger partial charge is 0.216 e. The molecule has 0 bridgehead atoms. The van der Waals surface area contributed by atoms with Gasteiger partial charge in [0.1, 0.15) is 24.0 Å². The molecule has 2 aromatic carbocycles. The topological polar surface area (TPSA) is 17.0 Å². The molecule has 3 heteroatoms. The Bertz CT molecular complexity index is 1390. The third-order valence-electron chi connectivity index (χ3n) is 8.58. The molecular weight excluding hydrogens is 421 g/mol. The molecule has 0 aliphatic heterocycles. The van der Waals surface area contributed by atoms with Crippen molar-refractivity contribution in [3.05, 3.63) is 65.6 Å². The van der Waals surface area contributed by atoms with Crippen molar-refractivity contribution in [3.8, 4) is 11.3 Å². The van der Waals surface area contributed by atoms with Crippen molar-refractivity contribution in [2.24, 2.45) is 18.9 Å². The molecular formula is C31H35FNO+. The van der Waals surface area contributed by atoms with E-state index in [1.54, 1.807) is 6.07 Å². The van der Waals surface area contributed by atoms with Crippen LogP contribution in [0, 0.1) is 24.6 Å². The molecule has 6 rings (SSSR count). The van der Waals surface area contributed by atoms with Gasteiger partial charge in [0.25, 0.3) is 0 Å². The second kappa shape index (κ2) is 8.83. The standard InChI is InChI=1S/C31H35FNO/c1-20-11-16-24-25-17-18-26(32)29(23-14-12-22(13-15-23)21-8-4-3-5-9-21)31(25)34-30(24)28(20)27-10-6-7-19-33(27)2/h6-7,10-11,16-19,21-23H,3-5,8-9,12-15H2,1-2H3/q+1/i23D. The molecule has 2 aliphatic carbocycles. The highest BCUT2D eigenvalue weighted by atomic mass is 19.1. The zero-order valence-corrected chi connectivity index (χ0v) is 20.4. The maximum atomic E-state index is 15.5. The summed E-state index contributed by atoms with van der Waals surface area (Å²) < 4.78 is 33.6. The number of furan rings is 1. The Morgan fingerprint density at radius 2 is 1.56 bits per heavy atom. The lowest BCUT2D eigenvalue weighted by molar-refractivity contribution is -0.660. The van der Waals surface area contributed by atoms with Crippen molar-refractivity contribution < 1.29 is 14.7 Å². The van der Waals surface area contributed by atoms with E-state index in [9.17, 15) is 1.37 Å². The summed E-state index contributed by atoms with van der Waals surface area (Å²) in [6.45, 7) is 2.09. The molecule has 2 nitrogen and oxygen atoms in total. The molecule has 2 heterocycles. The van der Waals surface area contributed by atoms with Gasteiger partial charge in [-0.3, -0.25) is 0 Å². The molecule has 2 aliphatic rings. The summed E-state index contributed by atoms with van der Waals surface area (Å²) in [7, 11) is 2.03. The zero-order chi connectivity index (χ0) is 24.2. The van der Waals surface area contributed by atoms with Gasteiger partial charge in [-0.15, -0.1) is 0 Å². The Kier molecular flexibility index (Phi) is 5.37. The number of hydrogen-bond donors (Lipinski definition) is 0. The summed E-state index contributed by atoms with van der Waals surface area (Å²) in [6, 6.07) is 13.7. The zero-order valence-electron chi connectivity index (χ0n) is 21.4. The largest absolute Gasteiger partial charge is 0.455 e. The summed E-state index contributed by atoms with van der Waals surface area (Å²) in [4.78, 5) is 0. The average Bonchev–Trinajstić information content (AvgIpc) is 3.23. The number of nitrogens with zero attached hydrogens (tertiary/aromatic N) is 1. The fraction of sp³-hybridized carbons (Fsp3) is 0.452. The molecule has 0 spiro atoms. The van der Waals surface area contributed by atoms with Gasteiger partial charge < -0.3 is 4.42 Å². The number of pyridine rings is 1. The number of aryl methyl sites for hydroxylation is 2. The Balaban J connectivity index is 1.46. The molecule has 2 fully saturated rings. The van der Waals surface area contributed by atoms with E-state index in [0.29, 0.717) is 29.9 Å². The van der Waals surface area contributed by atoms with Crippen LogP contribution in [0.1, 0.15) is 76.2 Å². The first-order valence-corrected chi connectivity index (χ1v) is 13.1. The first kappa shape index (κ1) is 20.7. The van der Waals surface area contributed by atoms with Crippen LogP contribution in [0.3, 0.4) is 0 Å². The van der Waals surface area contributed by atoms with Gasteiger partial charge >= 0.3 is 0 Å². The van der Waals surface area contributed by atoms with Gasteiger partial charge in [-0.1, -0.05) is 44.2 Å². The minimum absolute atomic E-state index is 0.300. The van der Waals surface area contributed by atoms with Crippen LogP contribution in [0.25, 0.3) is 33.2 Å². The summed E-state index contributed by atoms with van der Waals surface area (Å²) in [5, 5.41) is 1.91. The molecule has 2 aromatic heterocycles. The molecule has 0 amide bonds. The molecule has 0 atom stereocenters. The number of halogens is 1. The van der Waals surface area contributed by atoms with Crippen molar-refractivity contribution in [2.75, 3.05) is 0 Å². The average molecular weight is 458 g/mol. The lowest BCUT2D eigenvalue weighted by Crippen LogP contribution is -2.30. The Hall–Kier alpha value is -2.68. The van der Waals surface area contributed by atoms with Crippen molar-refractivity contribution in [3.63, 3.8) is 0 Å². The highest BCUT2D eigenvalue weighted by molar-refractivity contribution is 6.10. The first-order valence-electron chi connectivity index (χ1n) is 13.6. The highest BCUT2D eigenvalue weighted by Gasteiger charge is 2.32. The molecule has 0 saturated heterocycles. The van der Waals surface area contributed by atoms with Crippen LogP contribution in [0.5, 0.6) is 0 Å². The van der Waals surface area contributed by atoms with E-state index in [1.807, 2.05) is 31.4 Å². The monoisotopic (exact) mass is 457 g/mol. The highest BCUT2D eigenvalue weighted by Crippen LogP contribution is 2.47. The van der Waals surface area contributed by atoms with Gasteiger partial charge in [0.15, 0.2) is 6.20 Å². The number of fused-ring (bicyclic) bond motifs is 3. The van der Waals surface area contributed by atoms with E-state index in [4.69, 9.17) is 4.42 Å². The Morgan fingerprint density at radius 1 is 0.853 bits per heavy atom. The van der Waals surface area contributed by atoms with Gasteiger partial charge in [0.05, 0.1) is 5.56 Å². The quantitative estimate of drug-likeness (QED) is 0.282. The van der Waals surface area contributed by atoms with E-state index in [-0.39, 0.29) is 5.82 Å². The van der Waals surface area contributed by atoms with Crippen LogP contribution in [-0.4, -0.2) is 0 Å². The number of hydrogen-bond acceptors (Lipinski definition) is 1. The third-order valence-corrected chi connectivity index (χ3v) is 8.58. The molecule has 0 radical (unpaired) electrons. The van der Waals surface area contributed by atoms with Gasteiger partial charge in [0.2, 0.25) is 5.69 Å². The minimum atomic E-state index is -0.935. The molecule has 0 unspecified atom stereocenters. The van der Waals surface area contributed by atoms with Crippen molar-refractivity contribution >= 4 is 21.9 Å². The van der Waals surface area contributed by atoms with Crippen LogP contribution in [0.15, 0.2) is 53.1 Å². The van der Waals surface area contributed by atoms with E-state index in [1.165, 1.54) is 32.1 Å². The lowest BCUT2D eigenvalue weighted by Gasteiger charge is -2.36. The summed E-state index contributed by atoms with van der Waals surface area (Å²) in [5.74, 6) is 0.262. The predicted octanol–water partition coefficient (Wildman–Crippen LogP) is 8.38. The van der Waals surface area contributed by atoms with Crippen LogP contribution in [0.2, 0.25) is 0 Å². The molecule has 2 saturated carbocycles. The van der Waals surface area contributed by atoms with Crippen molar-refractivity contribution in [2.45, 2.75) is 70.6 Å². The minimum Gasteiger partial charge on any atom is -0.455 e. The Morgan fingerprint density at radius 3 is 2.32 bits per heavy atom. The SMILES string of the molecule is [2H]C1(c2c(F)ccc3c2oc2c(-c4cccc[n+]4C)c(C)ccc23)CCC(C2CCCCC2)CC1.